The van der Waals surface area contributed by atoms with E-state index in [1.165, 1.54) is 0 Å². The van der Waals surface area contributed by atoms with E-state index in [0.717, 1.165) is 6.42 Å². The zero-order valence-electron chi connectivity index (χ0n) is 8.33. The van der Waals surface area contributed by atoms with Gasteiger partial charge in [-0.15, -0.1) is 11.6 Å². The van der Waals surface area contributed by atoms with Crippen LogP contribution in [0.2, 0.25) is 0 Å². The van der Waals surface area contributed by atoms with E-state index in [1.807, 2.05) is 6.92 Å². The van der Waals surface area contributed by atoms with Crippen molar-refractivity contribution in [2.45, 2.75) is 37.0 Å². The quantitative estimate of drug-likeness (QED) is 0.640. The molecule has 0 aliphatic heterocycles. The monoisotopic (exact) mass is 208 g/mol. The van der Waals surface area contributed by atoms with Crippen molar-refractivity contribution in [3.63, 3.8) is 0 Å². The molecule has 1 saturated carbocycles. The van der Waals surface area contributed by atoms with Gasteiger partial charge in [0.15, 0.2) is 0 Å². The smallest absolute Gasteiger partial charge is 0.0997 e. The van der Waals surface area contributed by atoms with Crippen LogP contribution in [0.4, 0.5) is 0 Å². The fraction of sp³-hybridized carbons (Fsp3) is 1.00. The third-order valence-electron chi connectivity index (χ3n) is 2.26. The summed E-state index contributed by atoms with van der Waals surface area (Å²) in [4.78, 5) is 0. The summed E-state index contributed by atoms with van der Waals surface area (Å²) in [6.45, 7) is 2.59. The molecule has 0 aromatic rings. The second-order valence-corrected chi connectivity index (χ2v) is 3.95. The molecule has 0 radical (unpaired) electrons. The molecule has 1 fully saturated rings. The Hall–Kier alpha value is 0.170. The van der Waals surface area contributed by atoms with Crippen molar-refractivity contribution in [1.29, 1.82) is 0 Å². The number of hydrogen-bond acceptors (Lipinski definition) is 3. The van der Waals surface area contributed by atoms with Gasteiger partial charge in [-0.1, -0.05) is 0 Å². The van der Waals surface area contributed by atoms with Gasteiger partial charge in [0.2, 0.25) is 0 Å². The van der Waals surface area contributed by atoms with Crippen molar-refractivity contribution in [2.24, 2.45) is 0 Å². The summed E-state index contributed by atoms with van der Waals surface area (Å²) in [7, 11) is 3.33. The van der Waals surface area contributed by atoms with Gasteiger partial charge < -0.3 is 14.2 Å². The van der Waals surface area contributed by atoms with Crippen LogP contribution in [-0.2, 0) is 14.2 Å². The summed E-state index contributed by atoms with van der Waals surface area (Å²) in [6.07, 6.45) is 1.16. The van der Waals surface area contributed by atoms with Crippen LogP contribution in [0.3, 0.4) is 0 Å². The summed E-state index contributed by atoms with van der Waals surface area (Å²) < 4.78 is 15.8. The molecule has 0 spiro atoms. The van der Waals surface area contributed by atoms with Gasteiger partial charge in [0.25, 0.3) is 0 Å². The van der Waals surface area contributed by atoms with Crippen LogP contribution in [0.1, 0.15) is 13.3 Å². The second-order valence-electron chi connectivity index (χ2n) is 3.39. The summed E-state index contributed by atoms with van der Waals surface area (Å²) in [6, 6.07) is 0. The highest BCUT2D eigenvalue weighted by atomic mass is 35.5. The van der Waals surface area contributed by atoms with Crippen LogP contribution >= 0.6 is 11.6 Å². The van der Waals surface area contributed by atoms with Crippen LogP contribution in [0.25, 0.3) is 0 Å². The molecule has 13 heavy (non-hydrogen) atoms. The zero-order chi connectivity index (χ0) is 9.84. The van der Waals surface area contributed by atoms with E-state index in [0.29, 0.717) is 6.61 Å². The average molecular weight is 209 g/mol. The standard InChI is InChI=1S/C9H17ClO3/c1-6(5-11-2)13-8-4-7(10)9(8)12-3/h6-9H,4-5H2,1-3H3. The van der Waals surface area contributed by atoms with E-state index >= 15 is 0 Å². The van der Waals surface area contributed by atoms with Crippen LogP contribution in [0, 0.1) is 0 Å². The molecule has 0 amide bonds. The normalized spacial score (nSPS) is 35.5. The fourth-order valence-corrected chi connectivity index (χ4v) is 1.97. The molecule has 1 rings (SSSR count). The second kappa shape index (κ2) is 5.15. The summed E-state index contributed by atoms with van der Waals surface area (Å²) >= 11 is 5.93. The van der Waals surface area contributed by atoms with Crippen LogP contribution in [-0.4, -0.2) is 44.5 Å². The van der Waals surface area contributed by atoms with E-state index in [9.17, 15) is 0 Å². The van der Waals surface area contributed by atoms with Crippen molar-refractivity contribution < 1.29 is 14.2 Å². The Balaban J connectivity index is 2.22. The number of hydrogen-bond donors (Lipinski definition) is 0. The molecular formula is C9H17ClO3. The molecule has 78 valence electrons. The first-order chi connectivity index (χ1) is 6.19. The van der Waals surface area contributed by atoms with Gasteiger partial charge in [0.1, 0.15) is 0 Å². The minimum Gasteiger partial charge on any atom is -0.382 e. The first-order valence-corrected chi connectivity index (χ1v) is 4.94. The molecular weight excluding hydrogens is 192 g/mol. The Kier molecular flexibility index (Phi) is 4.46. The molecule has 0 heterocycles. The number of ether oxygens (including phenoxy) is 3. The Labute approximate surface area is 84.3 Å². The van der Waals surface area contributed by atoms with Crippen LogP contribution in [0.5, 0.6) is 0 Å². The van der Waals surface area contributed by atoms with Gasteiger partial charge in [-0.25, -0.2) is 0 Å². The molecule has 0 aromatic carbocycles. The van der Waals surface area contributed by atoms with E-state index in [-0.39, 0.29) is 23.7 Å². The van der Waals surface area contributed by atoms with Gasteiger partial charge >= 0.3 is 0 Å². The molecule has 0 bridgehead atoms. The summed E-state index contributed by atoms with van der Waals surface area (Å²) in [5, 5.41) is 0.102. The maximum Gasteiger partial charge on any atom is 0.0997 e. The molecule has 3 nitrogen and oxygen atoms in total. The maximum atomic E-state index is 5.93. The maximum absolute atomic E-state index is 5.93. The van der Waals surface area contributed by atoms with Crippen molar-refractivity contribution in [3.8, 4) is 0 Å². The predicted molar refractivity (Wildman–Crippen MR) is 51.3 cm³/mol. The molecule has 0 saturated heterocycles. The van der Waals surface area contributed by atoms with Crippen LogP contribution < -0.4 is 0 Å². The summed E-state index contributed by atoms with van der Waals surface area (Å²) in [5.74, 6) is 0. The number of methoxy groups -OCH3 is 2. The van der Waals surface area contributed by atoms with Crippen molar-refractivity contribution in [3.05, 3.63) is 0 Å². The lowest BCUT2D eigenvalue weighted by molar-refractivity contribution is -0.143. The van der Waals surface area contributed by atoms with E-state index in [4.69, 9.17) is 25.8 Å². The Morgan fingerprint density at radius 3 is 2.62 bits per heavy atom. The third kappa shape index (κ3) is 2.81. The third-order valence-corrected chi connectivity index (χ3v) is 2.69. The number of rotatable bonds is 5. The molecule has 4 atom stereocenters. The highest BCUT2D eigenvalue weighted by molar-refractivity contribution is 6.21. The van der Waals surface area contributed by atoms with Gasteiger partial charge in [0, 0.05) is 14.2 Å². The molecule has 0 aromatic heterocycles. The van der Waals surface area contributed by atoms with E-state index < -0.39 is 0 Å². The first kappa shape index (κ1) is 11.2. The molecule has 1 aliphatic carbocycles. The molecule has 0 N–H and O–H groups in total. The number of halogens is 1. The van der Waals surface area contributed by atoms with Gasteiger partial charge in [0.05, 0.1) is 30.3 Å². The van der Waals surface area contributed by atoms with Crippen molar-refractivity contribution >= 4 is 11.6 Å². The number of alkyl halides is 1. The first-order valence-electron chi connectivity index (χ1n) is 4.50. The lowest BCUT2D eigenvalue weighted by atomic mass is 9.91. The van der Waals surface area contributed by atoms with E-state index in [2.05, 4.69) is 0 Å². The highest BCUT2D eigenvalue weighted by Crippen LogP contribution is 2.32. The minimum absolute atomic E-state index is 0.0426. The SMILES string of the molecule is COCC(C)OC1CC(Cl)C1OC. The predicted octanol–water partition coefficient (Wildman–Crippen LogP) is 1.43. The van der Waals surface area contributed by atoms with Crippen molar-refractivity contribution in [1.82, 2.24) is 0 Å². The van der Waals surface area contributed by atoms with Gasteiger partial charge in [-0.3, -0.25) is 0 Å². The topological polar surface area (TPSA) is 27.7 Å². The van der Waals surface area contributed by atoms with Gasteiger partial charge in [-0.05, 0) is 13.3 Å². The molecule has 4 heteroatoms. The van der Waals surface area contributed by atoms with Gasteiger partial charge in [-0.2, -0.15) is 0 Å². The van der Waals surface area contributed by atoms with Crippen LogP contribution in [0.15, 0.2) is 0 Å². The Morgan fingerprint density at radius 1 is 1.46 bits per heavy atom. The van der Waals surface area contributed by atoms with E-state index in [1.54, 1.807) is 14.2 Å². The average Bonchev–Trinajstić information content (AvgIpc) is 2.04. The largest absolute Gasteiger partial charge is 0.382 e. The van der Waals surface area contributed by atoms with Crippen molar-refractivity contribution in [2.75, 3.05) is 20.8 Å². The lowest BCUT2D eigenvalue weighted by Gasteiger charge is -2.40. The Bertz CT molecular complexity index is 154. The minimum atomic E-state index is 0.0426. The molecule has 4 unspecified atom stereocenters. The molecule has 1 aliphatic rings. The fourth-order valence-electron chi connectivity index (χ4n) is 1.53. The highest BCUT2D eigenvalue weighted by Gasteiger charge is 2.41. The Morgan fingerprint density at radius 2 is 2.15 bits per heavy atom. The lowest BCUT2D eigenvalue weighted by Crippen LogP contribution is -2.51. The summed E-state index contributed by atoms with van der Waals surface area (Å²) in [5.41, 5.74) is 0. The zero-order valence-corrected chi connectivity index (χ0v) is 9.08.